The summed E-state index contributed by atoms with van der Waals surface area (Å²) in [5.41, 5.74) is 2.82. The second-order valence-corrected chi connectivity index (χ2v) is 6.89. The number of Topliss-reactive ketones (excluding diaryl/α,β-unsaturated/α-hetero) is 1. The maximum atomic E-state index is 11.1. The molecule has 0 saturated heterocycles. The quantitative estimate of drug-likeness (QED) is 0.505. The molecule has 3 nitrogen and oxygen atoms in total. The fourth-order valence-electron chi connectivity index (χ4n) is 2.44. The van der Waals surface area contributed by atoms with Gasteiger partial charge in [0.2, 0.25) is 0 Å². The van der Waals surface area contributed by atoms with E-state index in [-0.39, 0.29) is 5.78 Å². The van der Waals surface area contributed by atoms with E-state index in [0.29, 0.717) is 18.1 Å². The minimum atomic E-state index is -0.0659. The summed E-state index contributed by atoms with van der Waals surface area (Å²) in [5, 5.41) is 0. The molecule has 1 heterocycles. The van der Waals surface area contributed by atoms with Crippen molar-refractivity contribution in [1.82, 2.24) is 0 Å². The summed E-state index contributed by atoms with van der Waals surface area (Å²) in [7, 11) is 0. The molecule has 3 heteroatoms. The highest BCUT2D eigenvalue weighted by Crippen LogP contribution is 2.26. The van der Waals surface area contributed by atoms with Crippen LogP contribution in [0.25, 0.3) is 0 Å². The lowest BCUT2D eigenvalue weighted by Gasteiger charge is -2.06. The Morgan fingerprint density at radius 2 is 1.56 bits per heavy atom. The van der Waals surface area contributed by atoms with Gasteiger partial charge in [-0.25, -0.2) is 0 Å². The van der Waals surface area contributed by atoms with Crippen LogP contribution in [-0.4, -0.2) is 5.78 Å². The van der Waals surface area contributed by atoms with Crippen LogP contribution in [0.3, 0.4) is 0 Å². The topological polar surface area (TPSA) is 39.4 Å². The van der Waals surface area contributed by atoms with Crippen molar-refractivity contribution in [3.63, 3.8) is 0 Å². The van der Waals surface area contributed by atoms with E-state index < -0.39 is 0 Å². The van der Waals surface area contributed by atoms with Crippen LogP contribution >= 0.6 is 0 Å². The van der Waals surface area contributed by atoms with Crippen molar-refractivity contribution in [2.24, 2.45) is 0 Å². The Kier molecular flexibility index (Phi) is 11.2. The van der Waals surface area contributed by atoms with Gasteiger partial charge in [0, 0.05) is 6.92 Å². The number of hydrogen-bond acceptors (Lipinski definition) is 3. The zero-order chi connectivity index (χ0) is 20.1. The van der Waals surface area contributed by atoms with Crippen LogP contribution in [0.15, 0.2) is 34.7 Å². The smallest absolute Gasteiger partial charge is 0.194 e. The normalized spacial score (nSPS) is 11.6. The second-order valence-electron chi connectivity index (χ2n) is 6.89. The number of ketones is 1. The number of fused-ring (bicyclic) bond motifs is 1. The first-order valence-corrected chi connectivity index (χ1v) is 10.4. The van der Waals surface area contributed by atoms with Crippen molar-refractivity contribution in [2.45, 2.75) is 86.2 Å². The third-order valence-electron chi connectivity index (χ3n) is 4.46. The van der Waals surface area contributed by atoms with Crippen LogP contribution in [-0.2, 0) is 19.4 Å². The van der Waals surface area contributed by atoms with Crippen LogP contribution in [0, 0.1) is 0 Å². The molecule has 0 aliphatic heterocycles. The molecular weight excluding hydrogens is 336 g/mol. The van der Waals surface area contributed by atoms with Gasteiger partial charge in [-0.2, -0.15) is 0 Å². The highest BCUT2D eigenvalue weighted by atomic mass is 16.5. The Morgan fingerprint density at radius 1 is 0.926 bits per heavy atom. The SMILES string of the molecule is CC(=O)c1ccc(COc2ccc3c(c2)CCC3)o1.CCCC.CCCC. The minimum Gasteiger partial charge on any atom is -0.486 e. The van der Waals surface area contributed by atoms with Crippen LogP contribution in [0.1, 0.15) is 94.2 Å². The van der Waals surface area contributed by atoms with Gasteiger partial charge < -0.3 is 9.15 Å². The molecular formula is C24H36O3. The van der Waals surface area contributed by atoms with Crippen molar-refractivity contribution in [2.75, 3.05) is 0 Å². The summed E-state index contributed by atoms with van der Waals surface area (Å²) in [6, 6.07) is 9.71. The van der Waals surface area contributed by atoms with E-state index >= 15 is 0 Å². The third kappa shape index (κ3) is 8.47. The van der Waals surface area contributed by atoms with Crippen molar-refractivity contribution < 1.29 is 13.9 Å². The highest BCUT2D eigenvalue weighted by Gasteiger charge is 2.12. The summed E-state index contributed by atoms with van der Waals surface area (Å²) >= 11 is 0. The maximum absolute atomic E-state index is 11.1. The number of carbonyl (C=O) groups is 1. The summed E-state index contributed by atoms with van der Waals surface area (Å²) in [6.45, 7) is 10.6. The Bertz CT molecular complexity index is 662. The van der Waals surface area contributed by atoms with Gasteiger partial charge in [0.1, 0.15) is 18.1 Å². The standard InChI is InChI=1S/C16H16O3.2C4H10/c1-11(17)16-8-7-15(19-16)10-18-14-6-5-12-3-2-4-13(12)9-14;2*1-3-4-2/h5-9H,2-4,10H2,1H3;2*3-4H2,1-2H3. The zero-order valence-corrected chi connectivity index (χ0v) is 17.8. The Labute approximate surface area is 165 Å². The zero-order valence-electron chi connectivity index (χ0n) is 17.8. The van der Waals surface area contributed by atoms with Crippen LogP contribution in [0.5, 0.6) is 5.75 Å². The van der Waals surface area contributed by atoms with E-state index in [1.807, 2.05) is 6.07 Å². The molecule has 1 aliphatic rings. The molecule has 0 spiro atoms. The number of ether oxygens (including phenoxy) is 1. The molecule has 0 unspecified atom stereocenters. The number of rotatable bonds is 6. The summed E-state index contributed by atoms with van der Waals surface area (Å²) in [5.74, 6) is 1.85. The van der Waals surface area contributed by atoms with Crippen molar-refractivity contribution in [1.29, 1.82) is 0 Å². The molecule has 1 aromatic carbocycles. The molecule has 0 amide bonds. The highest BCUT2D eigenvalue weighted by molar-refractivity contribution is 5.91. The number of hydrogen-bond donors (Lipinski definition) is 0. The first-order valence-electron chi connectivity index (χ1n) is 10.4. The Morgan fingerprint density at radius 3 is 2.11 bits per heavy atom. The number of benzene rings is 1. The average molecular weight is 373 g/mol. The number of unbranched alkanes of at least 4 members (excludes halogenated alkanes) is 2. The molecule has 3 rings (SSSR count). The predicted molar refractivity (Wildman–Crippen MR) is 113 cm³/mol. The Hall–Kier alpha value is -2.03. The molecule has 1 aromatic heterocycles. The predicted octanol–water partition coefficient (Wildman–Crippen LogP) is 7.16. The van der Waals surface area contributed by atoms with E-state index in [9.17, 15) is 4.79 Å². The number of aryl methyl sites for hydroxylation is 2. The molecule has 150 valence electrons. The molecule has 1 aliphatic carbocycles. The van der Waals surface area contributed by atoms with Crippen molar-refractivity contribution >= 4 is 5.78 Å². The fourth-order valence-corrected chi connectivity index (χ4v) is 2.44. The van der Waals surface area contributed by atoms with Gasteiger partial charge in [-0.05, 0) is 54.7 Å². The van der Waals surface area contributed by atoms with Gasteiger partial charge in [-0.3, -0.25) is 4.79 Å². The van der Waals surface area contributed by atoms with E-state index in [1.54, 1.807) is 12.1 Å². The monoisotopic (exact) mass is 372 g/mol. The van der Waals surface area contributed by atoms with Gasteiger partial charge in [0.15, 0.2) is 11.5 Å². The molecule has 0 N–H and O–H groups in total. The molecule has 2 aromatic rings. The van der Waals surface area contributed by atoms with Gasteiger partial charge in [-0.15, -0.1) is 0 Å². The van der Waals surface area contributed by atoms with E-state index in [2.05, 4.69) is 39.8 Å². The van der Waals surface area contributed by atoms with Gasteiger partial charge >= 0.3 is 0 Å². The summed E-state index contributed by atoms with van der Waals surface area (Å²) in [4.78, 5) is 11.1. The van der Waals surface area contributed by atoms with Gasteiger partial charge in [0.25, 0.3) is 0 Å². The van der Waals surface area contributed by atoms with E-state index in [0.717, 1.165) is 12.2 Å². The van der Waals surface area contributed by atoms with Crippen LogP contribution < -0.4 is 4.74 Å². The first-order chi connectivity index (χ1) is 13.0. The minimum absolute atomic E-state index is 0.0659. The largest absolute Gasteiger partial charge is 0.486 e. The lowest BCUT2D eigenvalue weighted by molar-refractivity contribution is 0.0983. The Balaban J connectivity index is 0.000000390. The number of carbonyl (C=O) groups excluding carboxylic acids is 1. The molecule has 27 heavy (non-hydrogen) atoms. The van der Waals surface area contributed by atoms with Gasteiger partial charge in [0.05, 0.1) is 0 Å². The van der Waals surface area contributed by atoms with Gasteiger partial charge in [-0.1, -0.05) is 59.4 Å². The summed E-state index contributed by atoms with van der Waals surface area (Å²) in [6.07, 6.45) is 8.83. The average Bonchev–Trinajstić information content (AvgIpc) is 3.35. The third-order valence-corrected chi connectivity index (χ3v) is 4.46. The molecule has 0 atom stereocenters. The lowest BCUT2D eigenvalue weighted by atomic mass is 10.1. The second kappa shape index (κ2) is 13.2. The van der Waals surface area contributed by atoms with Crippen LogP contribution in [0.2, 0.25) is 0 Å². The first kappa shape index (κ1) is 23.0. The van der Waals surface area contributed by atoms with E-state index in [1.165, 1.54) is 56.6 Å². The fraction of sp³-hybridized carbons (Fsp3) is 0.542. The maximum Gasteiger partial charge on any atom is 0.194 e. The lowest BCUT2D eigenvalue weighted by Crippen LogP contribution is -1.95. The molecule has 0 saturated carbocycles. The summed E-state index contributed by atoms with van der Waals surface area (Å²) < 4.78 is 11.1. The molecule has 0 fully saturated rings. The molecule has 0 bridgehead atoms. The van der Waals surface area contributed by atoms with Crippen molar-refractivity contribution in [3.05, 3.63) is 53.0 Å². The number of furan rings is 1. The molecule has 0 radical (unpaired) electrons. The van der Waals surface area contributed by atoms with Crippen molar-refractivity contribution in [3.8, 4) is 5.75 Å². The van der Waals surface area contributed by atoms with E-state index in [4.69, 9.17) is 9.15 Å². The van der Waals surface area contributed by atoms with Crippen LogP contribution in [0.4, 0.5) is 0 Å².